The Labute approximate surface area is 134 Å². The Morgan fingerprint density at radius 1 is 1.30 bits per heavy atom. The van der Waals surface area contributed by atoms with Gasteiger partial charge in [-0.3, -0.25) is 0 Å². The van der Waals surface area contributed by atoms with Gasteiger partial charge in [0, 0.05) is 23.4 Å². The van der Waals surface area contributed by atoms with Crippen molar-refractivity contribution in [3.63, 3.8) is 0 Å². The monoisotopic (exact) mass is 356 g/mol. The lowest BCUT2D eigenvalue weighted by Crippen LogP contribution is -2.34. The van der Waals surface area contributed by atoms with Gasteiger partial charge in [-0.15, -0.1) is 0 Å². The lowest BCUT2D eigenvalue weighted by molar-refractivity contribution is 0.571. The van der Waals surface area contributed by atoms with E-state index in [2.05, 4.69) is 10.0 Å². The molecule has 0 spiro atoms. The van der Waals surface area contributed by atoms with Crippen molar-refractivity contribution < 1.29 is 8.42 Å². The van der Waals surface area contributed by atoms with Crippen LogP contribution in [0.4, 0.5) is 0 Å². The van der Waals surface area contributed by atoms with E-state index in [1.807, 2.05) is 13.2 Å². The van der Waals surface area contributed by atoms with Gasteiger partial charge in [0.2, 0.25) is 10.0 Å². The van der Waals surface area contributed by atoms with Crippen LogP contribution in [0, 0.1) is 0 Å². The number of sulfonamides is 1. The third-order valence-corrected chi connectivity index (χ3v) is 5.77. The largest absolute Gasteiger partial charge is 0.316 e. The average Bonchev–Trinajstić information content (AvgIpc) is 2.32. The summed E-state index contributed by atoms with van der Waals surface area (Å²) in [6.45, 7) is 2.28. The molecule has 1 unspecified atom stereocenters. The Morgan fingerprint density at radius 3 is 2.50 bits per heavy atom. The van der Waals surface area contributed by atoms with E-state index >= 15 is 0 Å². The molecular weight excluding hydrogens is 339 g/mol. The molecule has 0 saturated carbocycles. The molecule has 1 atom stereocenters. The fourth-order valence-electron chi connectivity index (χ4n) is 1.72. The number of benzene rings is 1. The molecule has 0 aliphatic carbocycles. The van der Waals surface area contributed by atoms with Crippen LogP contribution >= 0.6 is 35.0 Å². The van der Waals surface area contributed by atoms with Gasteiger partial charge in [0.15, 0.2) is 0 Å². The number of rotatable bonds is 7. The Kier molecular flexibility index (Phi) is 7.11. The van der Waals surface area contributed by atoms with Crippen molar-refractivity contribution in [2.45, 2.75) is 24.4 Å². The van der Waals surface area contributed by atoms with E-state index in [0.717, 1.165) is 0 Å². The molecule has 0 aliphatic rings. The first-order chi connectivity index (χ1) is 9.31. The molecule has 0 radical (unpaired) electrons. The normalized spacial score (nSPS) is 13.4. The molecule has 0 amide bonds. The summed E-state index contributed by atoms with van der Waals surface area (Å²) in [5.74, 6) is 0.688. The second-order valence-corrected chi connectivity index (χ2v) is 7.79. The molecule has 1 aromatic rings. The molecule has 1 rings (SSSR count). The quantitative estimate of drug-likeness (QED) is 0.788. The molecule has 20 heavy (non-hydrogen) atoms. The van der Waals surface area contributed by atoms with Gasteiger partial charge in [-0.1, -0.05) is 23.2 Å². The van der Waals surface area contributed by atoms with E-state index in [1.165, 1.54) is 12.1 Å². The number of hydrogen-bond donors (Lipinski definition) is 2. The van der Waals surface area contributed by atoms with Gasteiger partial charge < -0.3 is 5.32 Å². The van der Waals surface area contributed by atoms with Crippen molar-refractivity contribution in [1.29, 1.82) is 0 Å². The lowest BCUT2D eigenvalue weighted by atomic mass is 10.2. The van der Waals surface area contributed by atoms with Crippen molar-refractivity contribution in [1.82, 2.24) is 10.0 Å². The van der Waals surface area contributed by atoms with Gasteiger partial charge in [0.1, 0.15) is 4.90 Å². The number of nitrogens with one attached hydrogen (secondary N) is 2. The van der Waals surface area contributed by atoms with E-state index in [0.29, 0.717) is 22.9 Å². The zero-order valence-corrected chi connectivity index (χ0v) is 14.7. The van der Waals surface area contributed by atoms with Gasteiger partial charge in [-0.05, 0) is 37.9 Å². The van der Waals surface area contributed by atoms with Crippen LogP contribution in [0.1, 0.15) is 12.5 Å². The first-order valence-corrected chi connectivity index (χ1v) is 9.59. The van der Waals surface area contributed by atoms with E-state index in [1.54, 1.807) is 18.8 Å². The van der Waals surface area contributed by atoms with Crippen molar-refractivity contribution in [2.75, 3.05) is 19.1 Å². The molecule has 2 N–H and O–H groups in total. The number of halogens is 2. The zero-order chi connectivity index (χ0) is 15.3. The molecule has 0 aromatic heterocycles. The zero-order valence-electron chi connectivity index (χ0n) is 11.5. The fourth-order valence-corrected chi connectivity index (χ4v) is 4.51. The second-order valence-electron chi connectivity index (χ2n) is 4.38. The SMILES string of the molecule is CNCc1cc(S(=O)(=O)NC(C)CSC)c(Cl)cc1Cl. The first kappa shape index (κ1) is 18.1. The van der Waals surface area contributed by atoms with Crippen molar-refractivity contribution in [3.05, 3.63) is 27.7 Å². The Balaban J connectivity index is 3.14. The summed E-state index contributed by atoms with van der Waals surface area (Å²) in [7, 11) is -1.89. The molecule has 4 nitrogen and oxygen atoms in total. The van der Waals surface area contributed by atoms with E-state index in [-0.39, 0.29) is 16.0 Å². The molecule has 1 aromatic carbocycles. The van der Waals surface area contributed by atoms with Gasteiger partial charge in [-0.2, -0.15) is 11.8 Å². The first-order valence-electron chi connectivity index (χ1n) is 5.95. The van der Waals surface area contributed by atoms with Crippen LogP contribution in [0.15, 0.2) is 17.0 Å². The van der Waals surface area contributed by atoms with E-state index in [9.17, 15) is 8.42 Å². The van der Waals surface area contributed by atoms with Gasteiger partial charge in [0.05, 0.1) is 5.02 Å². The summed E-state index contributed by atoms with van der Waals surface area (Å²) in [6.07, 6.45) is 1.92. The highest BCUT2D eigenvalue weighted by Gasteiger charge is 2.22. The highest BCUT2D eigenvalue weighted by atomic mass is 35.5. The maximum absolute atomic E-state index is 12.3. The fraction of sp³-hybridized carbons (Fsp3) is 0.500. The molecule has 0 bridgehead atoms. The van der Waals surface area contributed by atoms with Crippen LogP contribution in [0.5, 0.6) is 0 Å². The molecule has 0 fully saturated rings. The smallest absolute Gasteiger partial charge is 0.242 e. The summed E-state index contributed by atoms with van der Waals surface area (Å²) < 4.78 is 27.3. The molecule has 0 saturated heterocycles. The molecular formula is C12H18Cl2N2O2S2. The minimum absolute atomic E-state index is 0.0572. The van der Waals surface area contributed by atoms with Crippen molar-refractivity contribution >= 4 is 45.0 Å². The van der Waals surface area contributed by atoms with Crippen molar-refractivity contribution in [2.24, 2.45) is 0 Å². The van der Waals surface area contributed by atoms with Gasteiger partial charge in [0.25, 0.3) is 0 Å². The Bertz CT molecular complexity index is 565. The molecule has 114 valence electrons. The van der Waals surface area contributed by atoms with Gasteiger partial charge >= 0.3 is 0 Å². The summed E-state index contributed by atoms with van der Waals surface area (Å²) >= 11 is 13.6. The average molecular weight is 357 g/mol. The van der Waals surface area contributed by atoms with E-state index < -0.39 is 10.0 Å². The Morgan fingerprint density at radius 2 is 1.95 bits per heavy atom. The summed E-state index contributed by atoms with van der Waals surface area (Å²) in [5.41, 5.74) is 0.691. The molecule has 0 heterocycles. The summed E-state index contributed by atoms with van der Waals surface area (Å²) in [6, 6.07) is 2.80. The standard InChI is InChI=1S/C12H18Cl2N2O2S2/c1-8(7-19-3)16-20(17,18)12-4-9(6-15-2)10(13)5-11(12)14/h4-5,8,15-16H,6-7H2,1-3H3. The van der Waals surface area contributed by atoms with Crippen LogP contribution in [0.2, 0.25) is 10.0 Å². The highest BCUT2D eigenvalue weighted by molar-refractivity contribution is 7.98. The minimum Gasteiger partial charge on any atom is -0.316 e. The molecule has 0 aliphatic heterocycles. The topological polar surface area (TPSA) is 58.2 Å². The maximum Gasteiger partial charge on any atom is 0.242 e. The van der Waals surface area contributed by atoms with Crippen LogP contribution in [-0.2, 0) is 16.6 Å². The van der Waals surface area contributed by atoms with E-state index in [4.69, 9.17) is 23.2 Å². The number of thioether (sulfide) groups is 1. The maximum atomic E-state index is 12.3. The minimum atomic E-state index is -3.65. The highest BCUT2D eigenvalue weighted by Crippen LogP contribution is 2.28. The van der Waals surface area contributed by atoms with Gasteiger partial charge in [-0.25, -0.2) is 13.1 Å². The predicted molar refractivity (Wildman–Crippen MR) is 87.4 cm³/mol. The van der Waals surface area contributed by atoms with Crippen LogP contribution in [-0.4, -0.2) is 33.5 Å². The molecule has 8 heteroatoms. The summed E-state index contributed by atoms with van der Waals surface area (Å²) in [5, 5.41) is 3.51. The predicted octanol–water partition coefficient (Wildman–Crippen LogP) is 2.74. The third kappa shape index (κ3) is 4.79. The van der Waals surface area contributed by atoms with Crippen LogP contribution < -0.4 is 10.0 Å². The van der Waals surface area contributed by atoms with Crippen molar-refractivity contribution in [3.8, 4) is 0 Å². The Hall–Kier alpha value is 0.0200. The van der Waals surface area contributed by atoms with Crippen LogP contribution in [0.3, 0.4) is 0 Å². The number of hydrogen-bond acceptors (Lipinski definition) is 4. The second kappa shape index (κ2) is 7.87. The summed E-state index contributed by atoms with van der Waals surface area (Å²) in [4.78, 5) is 0.0572. The lowest BCUT2D eigenvalue weighted by Gasteiger charge is -2.15. The third-order valence-electron chi connectivity index (χ3n) is 2.53. The van der Waals surface area contributed by atoms with Crippen LogP contribution in [0.25, 0.3) is 0 Å².